The average Bonchev–Trinajstić information content (AvgIpc) is 2.55. The van der Waals surface area contributed by atoms with Gasteiger partial charge in [0.2, 0.25) is 5.91 Å². The van der Waals surface area contributed by atoms with Crippen molar-refractivity contribution in [1.82, 2.24) is 0 Å². The lowest BCUT2D eigenvalue weighted by atomic mass is 9.70. The number of rotatable bonds is 4. The van der Waals surface area contributed by atoms with Gasteiger partial charge in [0, 0.05) is 11.6 Å². The molecule has 1 aromatic carbocycles. The Bertz CT molecular complexity index is 609. The molecule has 1 aromatic rings. The number of hydrogen-bond donors (Lipinski definition) is 1. The molecular formula is C20H29NO3. The summed E-state index contributed by atoms with van der Waals surface area (Å²) in [6.45, 7) is 8.54. The summed E-state index contributed by atoms with van der Waals surface area (Å²) >= 11 is 0. The summed E-state index contributed by atoms with van der Waals surface area (Å²) in [6.07, 6.45) is 3.28. The van der Waals surface area contributed by atoms with Crippen LogP contribution in [0.3, 0.4) is 0 Å². The Morgan fingerprint density at radius 1 is 1.25 bits per heavy atom. The summed E-state index contributed by atoms with van der Waals surface area (Å²) in [5, 5.41) is 3.08. The van der Waals surface area contributed by atoms with E-state index in [9.17, 15) is 9.59 Å². The van der Waals surface area contributed by atoms with Crippen LogP contribution in [-0.4, -0.2) is 19.0 Å². The van der Waals surface area contributed by atoms with Crippen LogP contribution in [0.25, 0.3) is 0 Å². The summed E-state index contributed by atoms with van der Waals surface area (Å²) in [5.41, 5.74) is 2.14. The highest BCUT2D eigenvalue weighted by Crippen LogP contribution is 2.38. The molecule has 0 heterocycles. The second kappa shape index (κ2) is 7.82. The molecule has 0 aromatic heterocycles. The molecule has 0 spiro atoms. The van der Waals surface area contributed by atoms with Crippen molar-refractivity contribution in [3.63, 3.8) is 0 Å². The minimum absolute atomic E-state index is 0.0634. The van der Waals surface area contributed by atoms with E-state index >= 15 is 0 Å². The normalized spacial score (nSPS) is 23.8. The van der Waals surface area contributed by atoms with Gasteiger partial charge in [0.15, 0.2) is 0 Å². The van der Waals surface area contributed by atoms with Crippen molar-refractivity contribution in [2.45, 2.75) is 47.0 Å². The molecule has 132 valence electrons. The van der Waals surface area contributed by atoms with Crippen LogP contribution < -0.4 is 5.32 Å². The van der Waals surface area contributed by atoms with Gasteiger partial charge >= 0.3 is 5.97 Å². The highest BCUT2D eigenvalue weighted by molar-refractivity contribution is 5.95. The predicted octanol–water partition coefficient (Wildman–Crippen LogP) is 4.43. The van der Waals surface area contributed by atoms with E-state index in [0.29, 0.717) is 23.3 Å². The van der Waals surface area contributed by atoms with Crippen LogP contribution in [0.2, 0.25) is 0 Å². The quantitative estimate of drug-likeness (QED) is 0.831. The lowest BCUT2D eigenvalue weighted by Crippen LogP contribution is -2.36. The number of anilines is 1. The van der Waals surface area contributed by atoms with E-state index in [0.717, 1.165) is 24.1 Å². The number of aryl methyl sites for hydroxylation is 1. The molecule has 1 fully saturated rings. The van der Waals surface area contributed by atoms with E-state index in [-0.39, 0.29) is 17.8 Å². The first kappa shape index (κ1) is 18.5. The zero-order valence-corrected chi connectivity index (χ0v) is 15.4. The second-order valence-corrected chi connectivity index (χ2v) is 7.44. The molecule has 1 saturated carbocycles. The van der Waals surface area contributed by atoms with Crippen LogP contribution in [-0.2, 0) is 9.53 Å². The summed E-state index contributed by atoms with van der Waals surface area (Å²) < 4.78 is 4.73. The topological polar surface area (TPSA) is 55.4 Å². The van der Waals surface area contributed by atoms with Crippen LogP contribution >= 0.6 is 0 Å². The van der Waals surface area contributed by atoms with Gasteiger partial charge in [-0.25, -0.2) is 4.79 Å². The second-order valence-electron chi connectivity index (χ2n) is 7.44. The first-order valence-corrected chi connectivity index (χ1v) is 8.83. The Morgan fingerprint density at radius 2 is 1.96 bits per heavy atom. The maximum absolute atomic E-state index is 12.9. The number of carbonyl (C=O) groups is 2. The van der Waals surface area contributed by atoms with Crippen LogP contribution in [0, 0.1) is 30.6 Å². The molecule has 0 bridgehead atoms. The average molecular weight is 331 g/mol. The predicted molar refractivity (Wildman–Crippen MR) is 96.0 cm³/mol. The molecule has 2 rings (SSSR count). The highest BCUT2D eigenvalue weighted by atomic mass is 16.5. The molecule has 0 saturated heterocycles. The third-order valence-corrected chi connectivity index (χ3v) is 5.26. The first-order valence-electron chi connectivity index (χ1n) is 8.83. The van der Waals surface area contributed by atoms with Crippen molar-refractivity contribution in [2.24, 2.45) is 23.7 Å². The minimum Gasteiger partial charge on any atom is -0.465 e. The molecular weight excluding hydrogens is 302 g/mol. The monoisotopic (exact) mass is 331 g/mol. The van der Waals surface area contributed by atoms with Crippen molar-refractivity contribution < 1.29 is 14.3 Å². The lowest BCUT2D eigenvalue weighted by Gasteiger charge is -2.36. The molecule has 1 aliphatic carbocycles. The van der Waals surface area contributed by atoms with Gasteiger partial charge < -0.3 is 10.1 Å². The standard InChI is InChI=1S/C20H29NO3/c1-12(2)16-8-6-13(3)10-17(16)19(22)21-18-9-7-15(11-14(18)4)20(23)24-5/h7,9,11-13,16-17H,6,8,10H2,1-5H3,(H,21,22)/t13-,16+,17-/m1/s1. The Balaban J connectivity index is 2.14. The minimum atomic E-state index is -0.364. The largest absolute Gasteiger partial charge is 0.465 e. The van der Waals surface area contributed by atoms with Crippen molar-refractivity contribution in [1.29, 1.82) is 0 Å². The van der Waals surface area contributed by atoms with Gasteiger partial charge in [-0.2, -0.15) is 0 Å². The molecule has 1 amide bonds. The zero-order chi connectivity index (χ0) is 17.9. The molecule has 0 aliphatic heterocycles. The molecule has 1 aliphatic rings. The number of amides is 1. The fourth-order valence-electron chi connectivity index (χ4n) is 3.78. The lowest BCUT2D eigenvalue weighted by molar-refractivity contribution is -0.124. The van der Waals surface area contributed by atoms with Crippen LogP contribution in [0.15, 0.2) is 18.2 Å². The Labute approximate surface area is 145 Å². The molecule has 24 heavy (non-hydrogen) atoms. The first-order chi connectivity index (χ1) is 11.3. The van der Waals surface area contributed by atoms with Gasteiger partial charge in [-0.15, -0.1) is 0 Å². The van der Waals surface area contributed by atoms with E-state index in [1.165, 1.54) is 13.5 Å². The number of benzene rings is 1. The molecule has 0 radical (unpaired) electrons. The van der Waals surface area contributed by atoms with Gasteiger partial charge in [0.05, 0.1) is 12.7 Å². The summed E-state index contributed by atoms with van der Waals surface area (Å²) in [4.78, 5) is 24.4. The van der Waals surface area contributed by atoms with Crippen LogP contribution in [0.1, 0.15) is 56.0 Å². The summed E-state index contributed by atoms with van der Waals surface area (Å²) in [7, 11) is 1.36. The third-order valence-electron chi connectivity index (χ3n) is 5.26. The number of esters is 1. The van der Waals surface area contributed by atoms with E-state index in [1.54, 1.807) is 18.2 Å². The van der Waals surface area contributed by atoms with E-state index in [2.05, 4.69) is 26.1 Å². The molecule has 4 nitrogen and oxygen atoms in total. The number of carbonyl (C=O) groups excluding carboxylic acids is 2. The Hall–Kier alpha value is -1.84. The highest BCUT2D eigenvalue weighted by Gasteiger charge is 2.35. The maximum Gasteiger partial charge on any atom is 0.337 e. The van der Waals surface area contributed by atoms with Crippen molar-refractivity contribution in [3.8, 4) is 0 Å². The van der Waals surface area contributed by atoms with Gasteiger partial charge in [-0.05, 0) is 61.3 Å². The number of hydrogen-bond acceptors (Lipinski definition) is 3. The van der Waals surface area contributed by atoms with Gasteiger partial charge in [-0.1, -0.05) is 27.2 Å². The van der Waals surface area contributed by atoms with E-state index in [4.69, 9.17) is 4.74 Å². The smallest absolute Gasteiger partial charge is 0.337 e. The SMILES string of the molecule is COC(=O)c1ccc(NC(=O)[C@@H]2C[C@H](C)CC[C@H]2C(C)C)c(C)c1. The Morgan fingerprint density at radius 3 is 2.54 bits per heavy atom. The fraction of sp³-hybridized carbons (Fsp3) is 0.600. The number of nitrogens with one attached hydrogen (secondary N) is 1. The van der Waals surface area contributed by atoms with Crippen molar-refractivity contribution >= 4 is 17.6 Å². The van der Waals surface area contributed by atoms with Gasteiger partial charge in [0.1, 0.15) is 0 Å². The van der Waals surface area contributed by atoms with E-state index < -0.39 is 0 Å². The van der Waals surface area contributed by atoms with Gasteiger partial charge in [0.25, 0.3) is 0 Å². The maximum atomic E-state index is 12.9. The fourth-order valence-corrected chi connectivity index (χ4v) is 3.78. The zero-order valence-electron chi connectivity index (χ0n) is 15.4. The summed E-state index contributed by atoms with van der Waals surface area (Å²) in [6, 6.07) is 5.23. The van der Waals surface area contributed by atoms with Crippen LogP contribution in [0.4, 0.5) is 5.69 Å². The van der Waals surface area contributed by atoms with E-state index in [1.807, 2.05) is 6.92 Å². The Kier molecular flexibility index (Phi) is 6.03. The molecule has 3 atom stereocenters. The summed E-state index contributed by atoms with van der Waals surface area (Å²) in [5.74, 6) is 1.35. The van der Waals surface area contributed by atoms with Crippen LogP contribution in [0.5, 0.6) is 0 Å². The molecule has 0 unspecified atom stereocenters. The number of methoxy groups -OCH3 is 1. The number of ether oxygens (including phenoxy) is 1. The molecule has 1 N–H and O–H groups in total. The van der Waals surface area contributed by atoms with Gasteiger partial charge in [-0.3, -0.25) is 4.79 Å². The third kappa shape index (κ3) is 4.16. The van der Waals surface area contributed by atoms with Crippen molar-refractivity contribution in [3.05, 3.63) is 29.3 Å². The molecule has 4 heteroatoms. The van der Waals surface area contributed by atoms with Crippen molar-refractivity contribution in [2.75, 3.05) is 12.4 Å².